The van der Waals surface area contributed by atoms with Crippen LogP contribution in [-0.4, -0.2) is 62.0 Å². The summed E-state index contributed by atoms with van der Waals surface area (Å²) in [5, 5.41) is 6.30. The lowest BCUT2D eigenvalue weighted by Crippen LogP contribution is -2.52. The first kappa shape index (κ1) is 20.5. The van der Waals surface area contributed by atoms with E-state index in [2.05, 4.69) is 27.4 Å². The SMILES string of the molecule is CCCNC(=O)[C@H](C)NC(=O)CN1CCN(c2cc(Cl)ccc2C)CC1. The molecule has 7 heteroatoms. The van der Waals surface area contributed by atoms with Gasteiger partial charge in [0.05, 0.1) is 6.54 Å². The minimum Gasteiger partial charge on any atom is -0.369 e. The Bertz CT molecular complexity index is 630. The molecule has 1 atom stereocenters. The van der Waals surface area contributed by atoms with Gasteiger partial charge in [0.2, 0.25) is 11.8 Å². The molecule has 26 heavy (non-hydrogen) atoms. The zero-order valence-electron chi connectivity index (χ0n) is 15.8. The van der Waals surface area contributed by atoms with E-state index >= 15 is 0 Å². The number of amides is 2. The Morgan fingerprint density at radius 2 is 1.92 bits per heavy atom. The van der Waals surface area contributed by atoms with Crippen LogP contribution in [0.4, 0.5) is 5.69 Å². The van der Waals surface area contributed by atoms with Crippen LogP contribution in [0.3, 0.4) is 0 Å². The summed E-state index contributed by atoms with van der Waals surface area (Å²) in [5.74, 6) is -0.252. The molecule has 1 saturated heterocycles. The summed E-state index contributed by atoms with van der Waals surface area (Å²) in [6.45, 7) is 10.0. The molecule has 0 unspecified atom stereocenters. The smallest absolute Gasteiger partial charge is 0.242 e. The zero-order chi connectivity index (χ0) is 19.1. The van der Waals surface area contributed by atoms with Gasteiger partial charge < -0.3 is 15.5 Å². The molecule has 2 N–H and O–H groups in total. The van der Waals surface area contributed by atoms with Crippen LogP contribution >= 0.6 is 11.6 Å². The predicted molar refractivity (Wildman–Crippen MR) is 106 cm³/mol. The van der Waals surface area contributed by atoms with E-state index in [1.54, 1.807) is 6.92 Å². The van der Waals surface area contributed by atoms with Crippen molar-refractivity contribution in [1.82, 2.24) is 15.5 Å². The second kappa shape index (κ2) is 9.78. The van der Waals surface area contributed by atoms with Crippen LogP contribution in [0.5, 0.6) is 0 Å². The maximum absolute atomic E-state index is 12.2. The van der Waals surface area contributed by atoms with E-state index in [0.717, 1.165) is 43.3 Å². The van der Waals surface area contributed by atoms with Crippen molar-refractivity contribution in [1.29, 1.82) is 0 Å². The fourth-order valence-electron chi connectivity index (χ4n) is 3.03. The highest BCUT2D eigenvalue weighted by atomic mass is 35.5. The Balaban J connectivity index is 1.78. The summed E-state index contributed by atoms with van der Waals surface area (Å²) in [6.07, 6.45) is 0.878. The molecule has 0 bridgehead atoms. The Kier molecular flexibility index (Phi) is 7.72. The fraction of sp³-hybridized carbons (Fsp3) is 0.579. The Morgan fingerprint density at radius 1 is 1.23 bits per heavy atom. The number of rotatable bonds is 7. The number of aryl methyl sites for hydroxylation is 1. The molecule has 0 spiro atoms. The lowest BCUT2D eigenvalue weighted by atomic mass is 10.1. The second-order valence-corrected chi connectivity index (χ2v) is 7.21. The van der Waals surface area contributed by atoms with Gasteiger partial charge in [-0.25, -0.2) is 0 Å². The van der Waals surface area contributed by atoms with Crippen molar-refractivity contribution < 1.29 is 9.59 Å². The van der Waals surface area contributed by atoms with E-state index in [-0.39, 0.29) is 11.8 Å². The third kappa shape index (κ3) is 5.88. The minimum absolute atomic E-state index is 0.114. The number of benzene rings is 1. The van der Waals surface area contributed by atoms with E-state index in [4.69, 9.17) is 11.6 Å². The van der Waals surface area contributed by atoms with Gasteiger partial charge in [0, 0.05) is 43.4 Å². The van der Waals surface area contributed by atoms with Gasteiger partial charge in [-0.15, -0.1) is 0 Å². The molecule has 1 aromatic rings. The van der Waals surface area contributed by atoms with Gasteiger partial charge in [0.1, 0.15) is 6.04 Å². The maximum Gasteiger partial charge on any atom is 0.242 e. The Labute approximate surface area is 160 Å². The van der Waals surface area contributed by atoms with E-state index in [1.165, 1.54) is 5.56 Å². The summed E-state index contributed by atoms with van der Waals surface area (Å²) in [6, 6.07) is 5.42. The van der Waals surface area contributed by atoms with Crippen LogP contribution in [0.1, 0.15) is 25.8 Å². The number of anilines is 1. The number of nitrogens with one attached hydrogen (secondary N) is 2. The van der Waals surface area contributed by atoms with Crippen molar-refractivity contribution >= 4 is 29.1 Å². The molecule has 144 valence electrons. The zero-order valence-corrected chi connectivity index (χ0v) is 16.6. The molecule has 0 aromatic heterocycles. The highest BCUT2D eigenvalue weighted by Gasteiger charge is 2.22. The largest absolute Gasteiger partial charge is 0.369 e. The molecule has 0 aliphatic carbocycles. The normalized spacial score (nSPS) is 16.2. The molecular weight excluding hydrogens is 352 g/mol. The number of hydrogen-bond donors (Lipinski definition) is 2. The van der Waals surface area contributed by atoms with Crippen LogP contribution in [-0.2, 0) is 9.59 Å². The van der Waals surface area contributed by atoms with Gasteiger partial charge in [-0.05, 0) is 38.0 Å². The molecule has 1 fully saturated rings. The third-order valence-corrected chi connectivity index (χ3v) is 4.81. The molecule has 2 rings (SSSR count). The average Bonchev–Trinajstić information content (AvgIpc) is 2.62. The number of piperazine rings is 1. The molecule has 1 aromatic carbocycles. The standard InChI is InChI=1S/C19H29ClN4O2/c1-4-7-21-19(26)15(3)22-18(25)13-23-8-10-24(11-9-23)17-12-16(20)6-5-14(17)2/h5-6,12,15H,4,7-11,13H2,1-3H3,(H,21,26)(H,22,25)/t15-/m0/s1. The van der Waals surface area contributed by atoms with E-state index in [9.17, 15) is 9.59 Å². The van der Waals surface area contributed by atoms with Crippen LogP contribution in [0.25, 0.3) is 0 Å². The molecule has 2 amide bonds. The van der Waals surface area contributed by atoms with Crippen molar-refractivity contribution in [2.75, 3.05) is 44.2 Å². The Morgan fingerprint density at radius 3 is 2.58 bits per heavy atom. The Hall–Kier alpha value is -1.79. The molecule has 6 nitrogen and oxygen atoms in total. The van der Waals surface area contributed by atoms with Crippen LogP contribution < -0.4 is 15.5 Å². The van der Waals surface area contributed by atoms with E-state index in [1.807, 2.05) is 25.1 Å². The summed E-state index contributed by atoms with van der Waals surface area (Å²) >= 11 is 6.12. The molecule has 0 radical (unpaired) electrons. The number of hydrogen-bond acceptors (Lipinski definition) is 4. The van der Waals surface area contributed by atoms with E-state index < -0.39 is 6.04 Å². The number of carbonyl (C=O) groups is 2. The first-order chi connectivity index (χ1) is 12.4. The second-order valence-electron chi connectivity index (χ2n) is 6.77. The minimum atomic E-state index is -0.510. The predicted octanol–water partition coefficient (Wildman–Crippen LogP) is 1.80. The van der Waals surface area contributed by atoms with Crippen molar-refractivity contribution in [3.63, 3.8) is 0 Å². The summed E-state index contributed by atoms with van der Waals surface area (Å²) in [4.78, 5) is 28.4. The highest BCUT2D eigenvalue weighted by molar-refractivity contribution is 6.30. The van der Waals surface area contributed by atoms with Gasteiger partial charge in [0.15, 0.2) is 0 Å². The van der Waals surface area contributed by atoms with Gasteiger partial charge in [0.25, 0.3) is 0 Å². The maximum atomic E-state index is 12.2. The number of nitrogens with zero attached hydrogens (tertiary/aromatic N) is 2. The molecule has 1 aliphatic heterocycles. The number of halogens is 1. The lowest BCUT2D eigenvalue weighted by Gasteiger charge is -2.36. The summed E-state index contributed by atoms with van der Waals surface area (Å²) < 4.78 is 0. The van der Waals surface area contributed by atoms with Crippen LogP contribution in [0.15, 0.2) is 18.2 Å². The van der Waals surface area contributed by atoms with Crippen molar-refractivity contribution in [3.8, 4) is 0 Å². The van der Waals surface area contributed by atoms with Crippen LogP contribution in [0.2, 0.25) is 5.02 Å². The van der Waals surface area contributed by atoms with Crippen molar-refractivity contribution in [2.45, 2.75) is 33.2 Å². The lowest BCUT2D eigenvalue weighted by molar-refractivity contribution is -0.129. The topological polar surface area (TPSA) is 64.7 Å². The molecule has 0 saturated carbocycles. The first-order valence-electron chi connectivity index (χ1n) is 9.21. The van der Waals surface area contributed by atoms with Crippen molar-refractivity contribution in [3.05, 3.63) is 28.8 Å². The number of carbonyl (C=O) groups excluding carboxylic acids is 2. The van der Waals surface area contributed by atoms with Gasteiger partial charge in [-0.2, -0.15) is 0 Å². The molecular formula is C19H29ClN4O2. The molecule has 1 aliphatic rings. The summed E-state index contributed by atoms with van der Waals surface area (Å²) in [5.41, 5.74) is 2.36. The van der Waals surface area contributed by atoms with Gasteiger partial charge in [-0.3, -0.25) is 14.5 Å². The van der Waals surface area contributed by atoms with E-state index in [0.29, 0.717) is 13.1 Å². The summed E-state index contributed by atoms with van der Waals surface area (Å²) in [7, 11) is 0. The van der Waals surface area contributed by atoms with Crippen molar-refractivity contribution in [2.24, 2.45) is 0 Å². The third-order valence-electron chi connectivity index (χ3n) is 4.57. The van der Waals surface area contributed by atoms with Crippen LogP contribution in [0, 0.1) is 6.92 Å². The quantitative estimate of drug-likeness (QED) is 0.757. The monoisotopic (exact) mass is 380 g/mol. The molecule has 1 heterocycles. The first-order valence-corrected chi connectivity index (χ1v) is 9.59. The van der Waals surface area contributed by atoms with Gasteiger partial charge in [-0.1, -0.05) is 24.6 Å². The van der Waals surface area contributed by atoms with Gasteiger partial charge >= 0.3 is 0 Å². The highest BCUT2D eigenvalue weighted by Crippen LogP contribution is 2.25. The fourth-order valence-corrected chi connectivity index (χ4v) is 3.19. The average molecular weight is 381 g/mol.